The van der Waals surface area contributed by atoms with E-state index < -0.39 is 0 Å². The predicted octanol–water partition coefficient (Wildman–Crippen LogP) is 8.47. The fraction of sp³-hybridized carbons (Fsp3) is 0.655. The van der Waals surface area contributed by atoms with Gasteiger partial charge in [-0.05, 0) is 99.2 Å². The van der Waals surface area contributed by atoms with Crippen molar-refractivity contribution >= 4 is 0 Å². The van der Waals surface area contributed by atoms with E-state index in [0.29, 0.717) is 5.92 Å². The lowest BCUT2D eigenvalue weighted by atomic mass is 9.78. The van der Waals surface area contributed by atoms with Crippen LogP contribution >= 0.6 is 0 Å². The van der Waals surface area contributed by atoms with Gasteiger partial charge < -0.3 is 0 Å². The first-order valence-corrected chi connectivity index (χ1v) is 12.5. The van der Waals surface area contributed by atoms with Gasteiger partial charge in [-0.1, -0.05) is 75.3 Å². The Kier molecular flexibility index (Phi) is 9.40. The Hall–Kier alpha value is -1.48. The lowest BCUT2D eigenvalue weighted by molar-refractivity contribution is 0.294. The minimum absolute atomic E-state index is 0.611. The van der Waals surface area contributed by atoms with E-state index in [9.17, 15) is 0 Å². The fourth-order valence-electron chi connectivity index (χ4n) is 5.34. The van der Waals surface area contributed by atoms with Crippen LogP contribution in [0.4, 0.5) is 0 Å². The Bertz CT molecular complexity index is 652. The Labute approximate surface area is 180 Å². The van der Waals surface area contributed by atoms with Crippen molar-refractivity contribution in [1.82, 2.24) is 0 Å². The maximum atomic E-state index is 3.56. The smallest absolute Gasteiger partial charge is 0.0206 e. The van der Waals surface area contributed by atoms with Crippen LogP contribution in [0.15, 0.2) is 36.4 Å². The second-order valence-corrected chi connectivity index (χ2v) is 9.61. The summed E-state index contributed by atoms with van der Waals surface area (Å²) in [6, 6.07) is 9.49. The van der Waals surface area contributed by atoms with Gasteiger partial charge in [0.1, 0.15) is 0 Å². The van der Waals surface area contributed by atoms with E-state index in [1.807, 2.05) is 0 Å². The summed E-state index contributed by atoms with van der Waals surface area (Å²) in [4.78, 5) is 0. The second-order valence-electron chi connectivity index (χ2n) is 9.61. The largest absolute Gasteiger partial charge is 0.0951 e. The third-order valence-electron chi connectivity index (χ3n) is 7.32. The molecule has 0 unspecified atom stereocenters. The molecule has 2 aliphatic rings. The lowest BCUT2D eigenvalue weighted by Crippen LogP contribution is -2.12. The van der Waals surface area contributed by atoms with E-state index >= 15 is 0 Å². The van der Waals surface area contributed by atoms with Crippen molar-refractivity contribution in [3.8, 4) is 11.8 Å². The van der Waals surface area contributed by atoms with Gasteiger partial charge in [-0.2, -0.15) is 0 Å². The minimum atomic E-state index is 0.611. The number of rotatable bonds is 7. The van der Waals surface area contributed by atoms with Crippen LogP contribution in [0.2, 0.25) is 0 Å². The molecule has 2 fully saturated rings. The highest BCUT2D eigenvalue weighted by Crippen LogP contribution is 2.36. The molecule has 0 atom stereocenters. The fourth-order valence-corrected chi connectivity index (χ4v) is 5.34. The molecule has 0 aliphatic heterocycles. The van der Waals surface area contributed by atoms with Crippen LogP contribution in [0, 0.1) is 29.6 Å². The zero-order chi connectivity index (χ0) is 20.3. The first kappa shape index (κ1) is 22.2. The summed E-state index contributed by atoms with van der Waals surface area (Å²) in [5, 5.41) is 0. The maximum Gasteiger partial charge on any atom is 0.0206 e. The molecule has 0 saturated heterocycles. The van der Waals surface area contributed by atoms with E-state index in [0.717, 1.165) is 17.8 Å². The number of hydrogen-bond donors (Lipinski definition) is 0. The minimum Gasteiger partial charge on any atom is -0.0951 e. The molecule has 0 heteroatoms. The van der Waals surface area contributed by atoms with Crippen LogP contribution in [-0.2, 0) is 6.42 Å². The van der Waals surface area contributed by atoms with Gasteiger partial charge in [-0.15, -0.1) is 0 Å². The van der Waals surface area contributed by atoms with Crippen LogP contribution in [0.25, 0.3) is 0 Å². The van der Waals surface area contributed by atoms with Crippen LogP contribution < -0.4 is 0 Å². The molecule has 0 amide bonds. The summed E-state index contributed by atoms with van der Waals surface area (Å²) in [5.41, 5.74) is 3.05. The van der Waals surface area contributed by atoms with Gasteiger partial charge in [0, 0.05) is 5.92 Å². The lowest BCUT2D eigenvalue weighted by Gasteiger charge is -2.26. The number of hydrogen-bond acceptors (Lipinski definition) is 0. The summed E-state index contributed by atoms with van der Waals surface area (Å²) in [5.74, 6) is 10.1. The van der Waals surface area contributed by atoms with Crippen molar-refractivity contribution in [2.45, 2.75) is 103 Å². The van der Waals surface area contributed by atoms with Crippen molar-refractivity contribution in [3.05, 3.63) is 47.5 Å². The molecular weight excluding hydrogens is 348 g/mol. The molecule has 0 heterocycles. The van der Waals surface area contributed by atoms with Crippen molar-refractivity contribution in [2.75, 3.05) is 0 Å². The third kappa shape index (κ3) is 7.37. The number of allylic oxidation sites excluding steroid dienone is 2. The molecule has 158 valence electrons. The van der Waals surface area contributed by atoms with E-state index in [2.05, 4.69) is 62.1 Å². The molecule has 0 nitrogen and oxygen atoms in total. The van der Waals surface area contributed by atoms with Crippen molar-refractivity contribution in [1.29, 1.82) is 0 Å². The monoisotopic (exact) mass is 390 g/mol. The third-order valence-corrected chi connectivity index (χ3v) is 7.32. The molecule has 0 bridgehead atoms. The van der Waals surface area contributed by atoms with Gasteiger partial charge in [-0.25, -0.2) is 0 Å². The van der Waals surface area contributed by atoms with Crippen LogP contribution in [0.1, 0.15) is 108 Å². The number of benzene rings is 1. The SMILES string of the molecule is CCCCc1ccc([C@H]2CC[C@H](C#C/C=C/[C@H]3CC[C@H](CCC)CC3)CC2)cc1. The molecule has 0 radical (unpaired) electrons. The Balaban J connectivity index is 1.38. The molecule has 0 N–H and O–H groups in total. The summed E-state index contributed by atoms with van der Waals surface area (Å²) in [6.45, 7) is 4.59. The topological polar surface area (TPSA) is 0 Å². The number of aryl methyl sites for hydroxylation is 1. The Morgan fingerprint density at radius 2 is 1.59 bits per heavy atom. The molecule has 3 rings (SSSR count). The van der Waals surface area contributed by atoms with Crippen molar-refractivity contribution in [2.24, 2.45) is 17.8 Å². The standard InChI is InChI=1S/C29H42/c1-3-5-9-25-16-20-28(21-17-25)29-22-18-27(19-23-29)11-7-6-10-26-14-12-24(8-4-2)13-15-26/h6,10,16-17,20-21,24,26-27,29H,3-5,8-9,12-15,18-19,22-23H2,1-2H3/b10-6+/t24-,26-,27-,29-. The van der Waals surface area contributed by atoms with Crippen LogP contribution in [0.5, 0.6) is 0 Å². The summed E-state index contributed by atoms with van der Waals surface area (Å²) in [7, 11) is 0. The molecule has 0 spiro atoms. The molecule has 29 heavy (non-hydrogen) atoms. The highest BCUT2D eigenvalue weighted by atomic mass is 14.3. The van der Waals surface area contributed by atoms with Crippen molar-refractivity contribution in [3.63, 3.8) is 0 Å². The highest BCUT2D eigenvalue weighted by molar-refractivity contribution is 5.26. The van der Waals surface area contributed by atoms with Gasteiger partial charge in [0.25, 0.3) is 0 Å². The van der Waals surface area contributed by atoms with E-state index in [4.69, 9.17) is 0 Å². The molecular formula is C29H42. The average molecular weight is 391 g/mol. The van der Waals surface area contributed by atoms with E-state index in [1.54, 1.807) is 5.56 Å². The first-order chi connectivity index (χ1) is 14.3. The van der Waals surface area contributed by atoms with Crippen molar-refractivity contribution < 1.29 is 0 Å². The van der Waals surface area contributed by atoms with Gasteiger partial charge in [-0.3, -0.25) is 0 Å². The zero-order valence-electron chi connectivity index (χ0n) is 19.0. The molecule has 0 aromatic heterocycles. The Morgan fingerprint density at radius 1 is 0.862 bits per heavy atom. The summed E-state index contributed by atoms with van der Waals surface area (Å²) in [6.07, 6.45) is 21.9. The average Bonchev–Trinajstić information content (AvgIpc) is 2.77. The van der Waals surface area contributed by atoms with Crippen LogP contribution in [0.3, 0.4) is 0 Å². The van der Waals surface area contributed by atoms with E-state index in [1.165, 1.54) is 89.0 Å². The van der Waals surface area contributed by atoms with Crippen LogP contribution in [-0.4, -0.2) is 0 Å². The Morgan fingerprint density at radius 3 is 2.24 bits per heavy atom. The first-order valence-electron chi connectivity index (χ1n) is 12.5. The van der Waals surface area contributed by atoms with Gasteiger partial charge in [0.2, 0.25) is 0 Å². The molecule has 2 saturated carbocycles. The molecule has 1 aromatic rings. The quantitative estimate of drug-likeness (QED) is 0.409. The van der Waals surface area contributed by atoms with Gasteiger partial charge >= 0.3 is 0 Å². The normalized spacial score (nSPS) is 27.5. The predicted molar refractivity (Wildman–Crippen MR) is 127 cm³/mol. The number of unbranched alkanes of at least 4 members (excludes halogenated alkanes) is 1. The molecule has 2 aliphatic carbocycles. The summed E-state index contributed by atoms with van der Waals surface area (Å²) >= 11 is 0. The maximum absolute atomic E-state index is 3.56. The summed E-state index contributed by atoms with van der Waals surface area (Å²) < 4.78 is 0. The second kappa shape index (κ2) is 12.3. The highest BCUT2D eigenvalue weighted by Gasteiger charge is 2.21. The van der Waals surface area contributed by atoms with Gasteiger partial charge in [0.05, 0.1) is 0 Å². The molecule has 1 aromatic carbocycles. The van der Waals surface area contributed by atoms with Gasteiger partial charge in [0.15, 0.2) is 0 Å². The zero-order valence-corrected chi connectivity index (χ0v) is 19.0. The van der Waals surface area contributed by atoms with E-state index in [-0.39, 0.29) is 0 Å².